The lowest BCUT2D eigenvalue weighted by Crippen LogP contribution is -2.19. The van der Waals surface area contributed by atoms with Gasteiger partial charge in [0.15, 0.2) is 0 Å². The quantitative estimate of drug-likeness (QED) is 0.469. The summed E-state index contributed by atoms with van der Waals surface area (Å²) in [6.45, 7) is 3.76. The highest BCUT2D eigenvalue weighted by atomic mass is 16.4. The summed E-state index contributed by atoms with van der Waals surface area (Å²) in [5, 5.41) is 19.5. The van der Waals surface area contributed by atoms with Gasteiger partial charge in [-0.05, 0) is 6.92 Å². The standard InChI is InChI=1S/C4H10N2O2.C2H4O2/c1-2-6(5-8)3-4-7;1-2(3)4/h7H,2-4H2,1H3;1H3,(H,3,4). The van der Waals surface area contributed by atoms with Crippen molar-refractivity contribution in [2.24, 2.45) is 5.29 Å². The average Bonchev–Trinajstić information content (AvgIpc) is 1.99. The van der Waals surface area contributed by atoms with Crippen LogP contribution in [0.25, 0.3) is 0 Å². The number of nitrogens with zero attached hydrogens (tertiary/aromatic N) is 2. The van der Waals surface area contributed by atoms with Crippen LogP contribution in [0.4, 0.5) is 0 Å². The first-order chi connectivity index (χ1) is 5.58. The summed E-state index contributed by atoms with van der Waals surface area (Å²) in [6, 6.07) is 0. The maximum atomic E-state index is 9.69. The van der Waals surface area contributed by atoms with E-state index in [0.717, 1.165) is 6.92 Å². The van der Waals surface area contributed by atoms with Gasteiger partial charge in [-0.3, -0.25) is 9.80 Å². The Kier molecular flexibility index (Phi) is 11.0. The van der Waals surface area contributed by atoms with Crippen molar-refractivity contribution < 1.29 is 15.0 Å². The highest BCUT2D eigenvalue weighted by Crippen LogP contribution is 1.83. The van der Waals surface area contributed by atoms with Gasteiger partial charge in [0, 0.05) is 13.5 Å². The molecule has 0 unspecified atom stereocenters. The van der Waals surface area contributed by atoms with Gasteiger partial charge < -0.3 is 10.2 Å². The largest absolute Gasteiger partial charge is 0.481 e. The second kappa shape index (κ2) is 9.83. The van der Waals surface area contributed by atoms with Crippen molar-refractivity contribution in [2.75, 3.05) is 19.7 Å². The Balaban J connectivity index is 0. The number of nitroso groups, excluding NO2 is 1. The van der Waals surface area contributed by atoms with Crippen LogP contribution in [0.2, 0.25) is 0 Å². The van der Waals surface area contributed by atoms with Gasteiger partial charge in [-0.2, -0.15) is 0 Å². The van der Waals surface area contributed by atoms with Crippen molar-refractivity contribution in [3.8, 4) is 0 Å². The molecule has 0 aromatic rings. The van der Waals surface area contributed by atoms with E-state index in [4.69, 9.17) is 15.0 Å². The summed E-state index contributed by atoms with van der Waals surface area (Å²) >= 11 is 0. The molecular weight excluding hydrogens is 164 g/mol. The molecule has 0 heterocycles. The fraction of sp³-hybridized carbons (Fsp3) is 0.833. The number of hydrogen-bond acceptors (Lipinski definition) is 4. The minimum atomic E-state index is -0.833. The normalized spacial score (nSPS) is 7.92. The van der Waals surface area contributed by atoms with Crippen LogP contribution in [-0.4, -0.2) is 40.9 Å². The summed E-state index contributed by atoms with van der Waals surface area (Å²) in [5.74, 6) is -0.833. The fourth-order valence-electron chi connectivity index (χ4n) is 0.372. The zero-order chi connectivity index (χ0) is 9.98. The molecule has 0 radical (unpaired) electrons. The van der Waals surface area contributed by atoms with Gasteiger partial charge in [0.05, 0.1) is 18.4 Å². The van der Waals surface area contributed by atoms with Gasteiger partial charge in [0.1, 0.15) is 0 Å². The summed E-state index contributed by atoms with van der Waals surface area (Å²) in [5.41, 5.74) is 0. The van der Waals surface area contributed by atoms with Crippen LogP contribution >= 0.6 is 0 Å². The van der Waals surface area contributed by atoms with Gasteiger partial charge in [-0.1, -0.05) is 0 Å². The van der Waals surface area contributed by atoms with E-state index < -0.39 is 5.97 Å². The van der Waals surface area contributed by atoms with Crippen LogP contribution in [0.1, 0.15) is 13.8 Å². The highest BCUT2D eigenvalue weighted by Gasteiger charge is 1.93. The van der Waals surface area contributed by atoms with Crippen molar-refractivity contribution in [3.63, 3.8) is 0 Å². The molecular formula is C6H14N2O4. The third-order valence-electron chi connectivity index (χ3n) is 0.839. The molecule has 0 saturated heterocycles. The summed E-state index contributed by atoms with van der Waals surface area (Å²) in [4.78, 5) is 18.7. The van der Waals surface area contributed by atoms with Crippen LogP contribution in [0, 0.1) is 4.91 Å². The number of likely N-dealkylation sites (N-methyl/N-ethyl adjacent to an activating group) is 1. The monoisotopic (exact) mass is 178 g/mol. The Hall–Kier alpha value is -1.17. The molecule has 2 N–H and O–H groups in total. The van der Waals surface area contributed by atoms with E-state index in [1.165, 1.54) is 5.01 Å². The number of carboxylic acids is 1. The fourth-order valence-corrected chi connectivity index (χ4v) is 0.372. The van der Waals surface area contributed by atoms with E-state index in [1.807, 2.05) is 0 Å². The minimum absolute atomic E-state index is 0.0143. The number of aliphatic hydroxyl groups is 1. The van der Waals surface area contributed by atoms with E-state index in [9.17, 15) is 4.91 Å². The number of hydrogen-bond donors (Lipinski definition) is 2. The maximum Gasteiger partial charge on any atom is 0.300 e. The van der Waals surface area contributed by atoms with Crippen LogP contribution < -0.4 is 0 Å². The zero-order valence-electron chi connectivity index (χ0n) is 7.23. The first-order valence-corrected chi connectivity index (χ1v) is 3.47. The summed E-state index contributed by atoms with van der Waals surface area (Å²) < 4.78 is 0. The molecule has 0 rings (SSSR count). The SMILES string of the molecule is CC(=O)O.CCN(CCO)N=O. The molecule has 0 atom stereocenters. The molecule has 0 fully saturated rings. The number of carboxylic acid groups (broad SMARTS) is 1. The second-order valence-corrected chi connectivity index (χ2v) is 1.87. The van der Waals surface area contributed by atoms with Crippen molar-refractivity contribution in [2.45, 2.75) is 13.8 Å². The first kappa shape index (κ1) is 13.4. The molecule has 0 aromatic heterocycles. The summed E-state index contributed by atoms with van der Waals surface area (Å²) in [6.07, 6.45) is 0. The predicted octanol–water partition coefficient (Wildman–Crippen LogP) is 0.0729. The van der Waals surface area contributed by atoms with Gasteiger partial charge in [-0.25, -0.2) is 0 Å². The molecule has 0 spiro atoms. The first-order valence-electron chi connectivity index (χ1n) is 3.47. The van der Waals surface area contributed by atoms with Crippen molar-refractivity contribution in [3.05, 3.63) is 4.91 Å². The Morgan fingerprint density at radius 2 is 2.00 bits per heavy atom. The van der Waals surface area contributed by atoms with Gasteiger partial charge in [-0.15, -0.1) is 4.91 Å². The Morgan fingerprint density at radius 3 is 2.08 bits per heavy atom. The molecule has 0 aliphatic heterocycles. The van der Waals surface area contributed by atoms with Crippen molar-refractivity contribution in [1.29, 1.82) is 0 Å². The average molecular weight is 178 g/mol. The smallest absolute Gasteiger partial charge is 0.300 e. The molecule has 12 heavy (non-hydrogen) atoms. The van der Waals surface area contributed by atoms with Crippen molar-refractivity contribution in [1.82, 2.24) is 5.01 Å². The van der Waals surface area contributed by atoms with E-state index in [1.54, 1.807) is 6.92 Å². The topological polar surface area (TPSA) is 90.2 Å². The lowest BCUT2D eigenvalue weighted by Gasteiger charge is -2.08. The van der Waals surface area contributed by atoms with Gasteiger partial charge >= 0.3 is 0 Å². The van der Waals surface area contributed by atoms with Crippen LogP contribution in [0.15, 0.2) is 5.29 Å². The van der Waals surface area contributed by atoms with E-state index in [0.29, 0.717) is 13.1 Å². The Bertz CT molecular complexity index is 125. The van der Waals surface area contributed by atoms with Crippen LogP contribution in [0.5, 0.6) is 0 Å². The number of carbonyl (C=O) groups is 1. The van der Waals surface area contributed by atoms with E-state index in [2.05, 4.69) is 5.29 Å². The third-order valence-corrected chi connectivity index (χ3v) is 0.839. The molecule has 0 aromatic carbocycles. The summed E-state index contributed by atoms with van der Waals surface area (Å²) in [7, 11) is 0. The van der Waals surface area contributed by atoms with Gasteiger partial charge in [0.25, 0.3) is 5.97 Å². The third kappa shape index (κ3) is 15.9. The van der Waals surface area contributed by atoms with E-state index >= 15 is 0 Å². The highest BCUT2D eigenvalue weighted by molar-refractivity contribution is 5.62. The molecule has 0 saturated carbocycles. The minimum Gasteiger partial charge on any atom is -0.481 e. The predicted molar refractivity (Wildman–Crippen MR) is 43.4 cm³/mol. The Morgan fingerprint density at radius 1 is 1.58 bits per heavy atom. The lowest BCUT2D eigenvalue weighted by molar-refractivity contribution is -0.134. The van der Waals surface area contributed by atoms with Gasteiger partial charge in [0.2, 0.25) is 0 Å². The zero-order valence-corrected chi connectivity index (χ0v) is 7.23. The Labute approximate surface area is 70.7 Å². The molecule has 6 heteroatoms. The van der Waals surface area contributed by atoms with Crippen LogP contribution in [0.3, 0.4) is 0 Å². The lowest BCUT2D eigenvalue weighted by atomic mass is 10.6. The van der Waals surface area contributed by atoms with Crippen molar-refractivity contribution >= 4 is 5.97 Å². The number of aliphatic hydroxyl groups excluding tert-OH is 1. The molecule has 6 nitrogen and oxygen atoms in total. The second-order valence-electron chi connectivity index (χ2n) is 1.87. The molecule has 0 aliphatic carbocycles. The number of aliphatic carboxylic acids is 1. The molecule has 72 valence electrons. The molecule has 0 aliphatic rings. The maximum absolute atomic E-state index is 9.69. The molecule has 0 bridgehead atoms. The molecule has 0 amide bonds. The number of rotatable bonds is 4. The van der Waals surface area contributed by atoms with Crippen LogP contribution in [-0.2, 0) is 4.79 Å². The van der Waals surface area contributed by atoms with E-state index in [-0.39, 0.29) is 6.61 Å².